The van der Waals surface area contributed by atoms with E-state index in [9.17, 15) is 0 Å². The smallest absolute Gasteiger partial charge is 0.0799 e. The Hall–Kier alpha value is -0.630. The maximum absolute atomic E-state index is 4.45. The van der Waals surface area contributed by atoms with Crippen molar-refractivity contribution in [3.8, 4) is 0 Å². The van der Waals surface area contributed by atoms with Crippen LogP contribution in [0.25, 0.3) is 6.08 Å². The van der Waals surface area contributed by atoms with Gasteiger partial charge in [0.1, 0.15) is 0 Å². The van der Waals surface area contributed by atoms with Gasteiger partial charge in [0.05, 0.1) is 5.69 Å². The number of aromatic nitrogens is 1. The number of unbranched alkanes of at least 4 members (excludes halogenated alkanes) is 3. The van der Waals surface area contributed by atoms with Crippen LogP contribution in [0.3, 0.4) is 0 Å². The van der Waals surface area contributed by atoms with E-state index in [1.54, 1.807) is 11.5 Å². The second-order valence-electron chi connectivity index (χ2n) is 5.44. The predicted molar refractivity (Wildman–Crippen MR) is 83.2 cm³/mol. The minimum Gasteiger partial charge on any atom is -0.193 e. The van der Waals surface area contributed by atoms with Gasteiger partial charge in [-0.3, -0.25) is 0 Å². The molecule has 1 heterocycles. The lowest BCUT2D eigenvalue weighted by Crippen LogP contribution is -2.22. The fourth-order valence-electron chi connectivity index (χ4n) is 2.73. The maximum atomic E-state index is 4.45. The normalized spacial score (nSPS) is 14.4. The summed E-state index contributed by atoms with van der Waals surface area (Å²) in [6.07, 6.45) is 11.0. The first kappa shape index (κ1) is 15.4. The summed E-state index contributed by atoms with van der Waals surface area (Å²) in [6, 6.07) is 0. The molecule has 0 bridgehead atoms. The van der Waals surface area contributed by atoms with Crippen molar-refractivity contribution in [3.63, 3.8) is 0 Å². The summed E-state index contributed by atoms with van der Waals surface area (Å²) >= 11 is 1.57. The highest BCUT2D eigenvalue weighted by atomic mass is 32.1. The predicted octanol–water partition coefficient (Wildman–Crippen LogP) is 5.81. The van der Waals surface area contributed by atoms with Crippen LogP contribution in [-0.2, 0) is 5.41 Å². The van der Waals surface area contributed by atoms with Gasteiger partial charge in [-0.25, -0.2) is 0 Å². The number of hydrogen-bond donors (Lipinski definition) is 0. The highest BCUT2D eigenvalue weighted by Crippen LogP contribution is 2.37. The van der Waals surface area contributed by atoms with Crippen LogP contribution in [0.5, 0.6) is 0 Å². The standard InChI is InChI=1S/C16H27NS/c1-5-8-9-10-12-16(4,11-6-2)14-13-18-17-15(14)7-3/h7,13H,3,5-6,8-12H2,1-2,4H3. The van der Waals surface area contributed by atoms with Gasteiger partial charge in [0.2, 0.25) is 0 Å². The Morgan fingerprint density at radius 2 is 2.00 bits per heavy atom. The summed E-state index contributed by atoms with van der Waals surface area (Å²) in [5.41, 5.74) is 2.81. The Kier molecular flexibility index (Phi) is 6.62. The Morgan fingerprint density at radius 3 is 2.61 bits per heavy atom. The van der Waals surface area contributed by atoms with Gasteiger partial charge in [0, 0.05) is 5.38 Å². The molecule has 1 rings (SSSR count). The molecule has 0 aliphatic carbocycles. The van der Waals surface area contributed by atoms with E-state index in [2.05, 4.69) is 37.1 Å². The summed E-state index contributed by atoms with van der Waals surface area (Å²) in [4.78, 5) is 0. The molecule has 18 heavy (non-hydrogen) atoms. The van der Waals surface area contributed by atoms with Gasteiger partial charge >= 0.3 is 0 Å². The van der Waals surface area contributed by atoms with E-state index in [-0.39, 0.29) is 0 Å². The van der Waals surface area contributed by atoms with Gasteiger partial charge in [0.15, 0.2) is 0 Å². The molecule has 0 aromatic carbocycles. The van der Waals surface area contributed by atoms with Crippen molar-refractivity contribution >= 4 is 17.6 Å². The van der Waals surface area contributed by atoms with Crippen LogP contribution >= 0.6 is 11.5 Å². The van der Waals surface area contributed by atoms with Crippen molar-refractivity contribution in [1.29, 1.82) is 0 Å². The molecular formula is C16H27NS. The van der Waals surface area contributed by atoms with Crippen LogP contribution in [0.4, 0.5) is 0 Å². The lowest BCUT2D eigenvalue weighted by Gasteiger charge is -2.29. The second-order valence-corrected chi connectivity index (χ2v) is 6.07. The topological polar surface area (TPSA) is 12.9 Å². The van der Waals surface area contributed by atoms with Crippen LogP contribution in [-0.4, -0.2) is 4.37 Å². The zero-order valence-corrected chi connectivity index (χ0v) is 13.0. The van der Waals surface area contributed by atoms with Gasteiger partial charge < -0.3 is 0 Å². The summed E-state index contributed by atoms with van der Waals surface area (Å²) < 4.78 is 4.45. The van der Waals surface area contributed by atoms with Gasteiger partial charge in [-0.05, 0) is 41.4 Å². The van der Waals surface area contributed by atoms with Crippen molar-refractivity contribution < 1.29 is 0 Å². The van der Waals surface area contributed by atoms with E-state index in [4.69, 9.17) is 0 Å². The molecule has 102 valence electrons. The average molecular weight is 265 g/mol. The quantitative estimate of drug-likeness (QED) is 0.513. The van der Waals surface area contributed by atoms with Crippen molar-refractivity contribution in [2.24, 2.45) is 0 Å². The van der Waals surface area contributed by atoms with Crippen LogP contribution < -0.4 is 0 Å². The van der Waals surface area contributed by atoms with E-state index in [1.165, 1.54) is 50.5 Å². The minimum atomic E-state index is 0.291. The van der Waals surface area contributed by atoms with Crippen LogP contribution in [0.2, 0.25) is 0 Å². The molecule has 0 N–H and O–H groups in total. The summed E-state index contributed by atoms with van der Waals surface area (Å²) in [7, 11) is 0. The number of rotatable bonds is 9. The van der Waals surface area contributed by atoms with Crippen molar-refractivity contribution in [2.45, 2.75) is 71.1 Å². The Labute approximate surface area is 116 Å². The van der Waals surface area contributed by atoms with E-state index in [0.29, 0.717) is 5.41 Å². The molecule has 0 amide bonds. The summed E-state index contributed by atoms with van der Waals surface area (Å²) in [6.45, 7) is 10.8. The first-order chi connectivity index (χ1) is 8.68. The van der Waals surface area contributed by atoms with Gasteiger partial charge in [-0.15, -0.1) is 0 Å². The molecule has 0 saturated heterocycles. The molecule has 1 nitrogen and oxygen atoms in total. The molecule has 1 atom stereocenters. The molecule has 0 aliphatic rings. The molecule has 2 heteroatoms. The van der Waals surface area contributed by atoms with Gasteiger partial charge in [-0.1, -0.05) is 59.5 Å². The first-order valence-electron chi connectivity index (χ1n) is 7.25. The summed E-state index contributed by atoms with van der Waals surface area (Å²) in [5, 5.41) is 2.23. The molecular weight excluding hydrogens is 238 g/mol. The minimum absolute atomic E-state index is 0.291. The molecule has 0 fully saturated rings. The lowest BCUT2D eigenvalue weighted by atomic mass is 9.75. The molecule has 0 aliphatic heterocycles. The average Bonchev–Trinajstić information content (AvgIpc) is 2.84. The highest BCUT2D eigenvalue weighted by molar-refractivity contribution is 7.03. The molecule has 1 unspecified atom stereocenters. The number of nitrogens with zero attached hydrogens (tertiary/aromatic N) is 1. The zero-order chi connectivity index (χ0) is 13.4. The third-order valence-electron chi connectivity index (χ3n) is 3.83. The van der Waals surface area contributed by atoms with E-state index >= 15 is 0 Å². The molecule has 1 aromatic heterocycles. The molecule has 0 spiro atoms. The highest BCUT2D eigenvalue weighted by Gasteiger charge is 2.28. The van der Waals surface area contributed by atoms with Crippen LogP contribution in [0.15, 0.2) is 12.0 Å². The van der Waals surface area contributed by atoms with E-state index in [0.717, 1.165) is 5.69 Å². The molecule has 0 saturated carbocycles. The fraction of sp³-hybridized carbons (Fsp3) is 0.688. The SMILES string of the molecule is C=Cc1nscc1C(C)(CCC)CCCCCC. The van der Waals surface area contributed by atoms with E-state index < -0.39 is 0 Å². The summed E-state index contributed by atoms with van der Waals surface area (Å²) in [5.74, 6) is 0. The van der Waals surface area contributed by atoms with Crippen molar-refractivity contribution in [1.82, 2.24) is 4.37 Å². The monoisotopic (exact) mass is 265 g/mol. The Bertz CT molecular complexity index is 356. The largest absolute Gasteiger partial charge is 0.193 e. The Morgan fingerprint density at radius 1 is 1.22 bits per heavy atom. The number of hydrogen-bond acceptors (Lipinski definition) is 2. The fourth-order valence-corrected chi connectivity index (χ4v) is 3.58. The van der Waals surface area contributed by atoms with Crippen LogP contribution in [0, 0.1) is 0 Å². The molecule has 1 aromatic rings. The third-order valence-corrected chi connectivity index (χ3v) is 4.47. The Balaban J connectivity index is 2.75. The van der Waals surface area contributed by atoms with Crippen LogP contribution in [0.1, 0.15) is 77.0 Å². The lowest BCUT2D eigenvalue weighted by molar-refractivity contribution is 0.377. The molecule has 0 radical (unpaired) electrons. The van der Waals surface area contributed by atoms with E-state index in [1.807, 2.05) is 6.08 Å². The maximum Gasteiger partial charge on any atom is 0.0799 e. The van der Waals surface area contributed by atoms with Gasteiger partial charge in [0.25, 0.3) is 0 Å². The first-order valence-corrected chi connectivity index (χ1v) is 8.09. The zero-order valence-electron chi connectivity index (χ0n) is 12.2. The second kappa shape index (κ2) is 7.73. The van der Waals surface area contributed by atoms with Crippen molar-refractivity contribution in [2.75, 3.05) is 0 Å². The van der Waals surface area contributed by atoms with Crippen molar-refractivity contribution in [3.05, 3.63) is 23.2 Å². The third kappa shape index (κ3) is 3.94. The van der Waals surface area contributed by atoms with Gasteiger partial charge in [-0.2, -0.15) is 4.37 Å².